The molecule has 0 aliphatic heterocycles. The van der Waals surface area contributed by atoms with Crippen LogP contribution in [0.2, 0.25) is 0 Å². The molecule has 1 rings (SSSR count). The normalized spacial score (nSPS) is 9.84. The summed E-state index contributed by atoms with van der Waals surface area (Å²) in [6, 6.07) is 4.76. The second kappa shape index (κ2) is 9.41. The molecule has 0 amide bonds. The number of benzene rings is 1. The van der Waals surface area contributed by atoms with Crippen LogP contribution >= 0.6 is 0 Å². The maximum Gasteiger partial charge on any atom is 0.142 e. The number of nitrogens with two attached hydrogens (primary N) is 1. The van der Waals surface area contributed by atoms with Crippen molar-refractivity contribution < 1.29 is 9.13 Å². The number of ether oxygens (including phenoxy) is 1. The molecule has 0 aliphatic carbocycles. The van der Waals surface area contributed by atoms with E-state index in [0.29, 0.717) is 17.9 Å². The molecule has 3 heteroatoms. The van der Waals surface area contributed by atoms with Crippen LogP contribution in [0, 0.1) is 17.7 Å². The lowest BCUT2D eigenvalue weighted by molar-refractivity contribution is 0.303. The summed E-state index contributed by atoms with van der Waals surface area (Å²) < 4.78 is 19.1. The van der Waals surface area contributed by atoms with Crippen molar-refractivity contribution in [1.29, 1.82) is 0 Å². The van der Waals surface area contributed by atoms with Gasteiger partial charge in [0.05, 0.1) is 18.7 Å². The molecule has 0 aliphatic rings. The summed E-state index contributed by atoms with van der Waals surface area (Å²) in [5, 5.41) is 0. The topological polar surface area (TPSA) is 35.2 Å². The molecule has 0 unspecified atom stereocenters. The third-order valence-electron chi connectivity index (χ3n) is 2.78. The molecule has 0 saturated carbocycles. The molecule has 1 aromatic rings. The van der Waals surface area contributed by atoms with Crippen LogP contribution in [0.5, 0.6) is 5.75 Å². The number of halogens is 1. The van der Waals surface area contributed by atoms with E-state index in [9.17, 15) is 4.39 Å². The molecule has 2 N–H and O–H groups in total. The van der Waals surface area contributed by atoms with Crippen LogP contribution in [-0.4, -0.2) is 13.2 Å². The van der Waals surface area contributed by atoms with Crippen molar-refractivity contribution in [2.24, 2.45) is 5.73 Å². The van der Waals surface area contributed by atoms with Crippen molar-refractivity contribution in [1.82, 2.24) is 0 Å². The van der Waals surface area contributed by atoms with Gasteiger partial charge in [-0.3, -0.25) is 0 Å². The summed E-state index contributed by atoms with van der Waals surface area (Å²) in [6.07, 6.45) is 5.91. The van der Waals surface area contributed by atoms with Gasteiger partial charge in [0.1, 0.15) is 11.6 Å². The second-order valence-corrected chi connectivity index (χ2v) is 4.41. The molecule has 1 aromatic carbocycles. The third-order valence-corrected chi connectivity index (χ3v) is 2.78. The SMILES string of the molecule is CCCCCCCOc1ccc(C#CCN)c(F)c1. The van der Waals surface area contributed by atoms with Gasteiger partial charge in [0.25, 0.3) is 0 Å². The van der Waals surface area contributed by atoms with E-state index in [1.54, 1.807) is 12.1 Å². The Hall–Kier alpha value is -1.53. The fraction of sp³-hybridized carbons (Fsp3) is 0.500. The first kappa shape index (κ1) is 15.5. The zero-order valence-corrected chi connectivity index (χ0v) is 11.5. The van der Waals surface area contributed by atoms with E-state index < -0.39 is 0 Å². The predicted octanol–water partition coefficient (Wildman–Crippen LogP) is 3.49. The Morgan fingerprint density at radius 1 is 1.21 bits per heavy atom. The largest absolute Gasteiger partial charge is 0.493 e. The Kier molecular flexibility index (Phi) is 7.69. The molecule has 0 atom stereocenters. The maximum atomic E-state index is 13.6. The van der Waals surface area contributed by atoms with Crippen LogP contribution in [0.25, 0.3) is 0 Å². The highest BCUT2D eigenvalue weighted by atomic mass is 19.1. The Bertz CT molecular complexity index is 434. The molecular weight excluding hydrogens is 241 g/mol. The van der Waals surface area contributed by atoms with Gasteiger partial charge in [0, 0.05) is 6.07 Å². The average molecular weight is 263 g/mol. The number of rotatable bonds is 7. The number of hydrogen-bond donors (Lipinski definition) is 1. The minimum absolute atomic E-state index is 0.232. The lowest BCUT2D eigenvalue weighted by atomic mass is 10.2. The van der Waals surface area contributed by atoms with E-state index in [4.69, 9.17) is 10.5 Å². The quantitative estimate of drug-likeness (QED) is 0.604. The zero-order chi connectivity index (χ0) is 13.9. The molecular formula is C16H22FNO. The molecule has 19 heavy (non-hydrogen) atoms. The maximum absolute atomic E-state index is 13.6. The lowest BCUT2D eigenvalue weighted by Gasteiger charge is -2.06. The minimum atomic E-state index is -0.357. The third kappa shape index (κ3) is 6.26. The first-order valence-electron chi connectivity index (χ1n) is 6.89. The van der Waals surface area contributed by atoms with Crippen LogP contribution in [-0.2, 0) is 0 Å². The van der Waals surface area contributed by atoms with E-state index >= 15 is 0 Å². The Labute approximate surface area is 115 Å². The van der Waals surface area contributed by atoms with Gasteiger partial charge in [0.15, 0.2) is 0 Å². The van der Waals surface area contributed by atoms with Gasteiger partial charge in [0.2, 0.25) is 0 Å². The van der Waals surface area contributed by atoms with E-state index in [-0.39, 0.29) is 12.4 Å². The van der Waals surface area contributed by atoms with Crippen molar-refractivity contribution >= 4 is 0 Å². The lowest BCUT2D eigenvalue weighted by Crippen LogP contribution is -1.98. The summed E-state index contributed by atoms with van der Waals surface area (Å²) >= 11 is 0. The van der Waals surface area contributed by atoms with Gasteiger partial charge in [-0.1, -0.05) is 44.4 Å². The first-order valence-corrected chi connectivity index (χ1v) is 6.89. The summed E-state index contributed by atoms with van der Waals surface area (Å²) in [5.41, 5.74) is 5.61. The standard InChI is InChI=1S/C16H22FNO/c1-2-3-4-5-6-12-19-15-10-9-14(8-7-11-18)16(17)13-15/h9-10,13H,2-6,11-12,18H2,1H3. The van der Waals surface area contributed by atoms with Gasteiger partial charge >= 0.3 is 0 Å². The highest BCUT2D eigenvalue weighted by Crippen LogP contribution is 2.16. The smallest absolute Gasteiger partial charge is 0.142 e. The molecule has 104 valence electrons. The van der Waals surface area contributed by atoms with Crippen molar-refractivity contribution in [3.05, 3.63) is 29.6 Å². The Balaban J connectivity index is 2.37. The average Bonchev–Trinajstić information content (AvgIpc) is 2.42. The van der Waals surface area contributed by atoms with E-state index in [1.165, 1.54) is 25.3 Å². The highest BCUT2D eigenvalue weighted by Gasteiger charge is 2.02. The minimum Gasteiger partial charge on any atom is -0.493 e. The summed E-state index contributed by atoms with van der Waals surface area (Å²) in [7, 11) is 0. The van der Waals surface area contributed by atoms with E-state index in [0.717, 1.165) is 12.8 Å². The molecule has 0 aromatic heterocycles. The monoisotopic (exact) mass is 263 g/mol. The van der Waals surface area contributed by atoms with Crippen molar-refractivity contribution in [3.8, 4) is 17.6 Å². The fourth-order valence-corrected chi connectivity index (χ4v) is 1.73. The van der Waals surface area contributed by atoms with Gasteiger partial charge in [-0.2, -0.15) is 0 Å². The van der Waals surface area contributed by atoms with Gasteiger partial charge in [-0.05, 0) is 18.6 Å². The zero-order valence-electron chi connectivity index (χ0n) is 11.5. The van der Waals surface area contributed by atoms with Crippen LogP contribution in [0.15, 0.2) is 18.2 Å². The van der Waals surface area contributed by atoms with Gasteiger partial charge < -0.3 is 10.5 Å². The van der Waals surface area contributed by atoms with Crippen LogP contribution in [0.4, 0.5) is 4.39 Å². The summed E-state index contributed by atoms with van der Waals surface area (Å²) in [5.74, 6) is 5.52. The van der Waals surface area contributed by atoms with Crippen LogP contribution in [0.1, 0.15) is 44.6 Å². The molecule has 0 saturated heterocycles. The molecule has 2 nitrogen and oxygen atoms in total. The molecule has 0 spiro atoms. The molecule has 0 heterocycles. The Morgan fingerprint density at radius 3 is 2.68 bits per heavy atom. The first-order chi connectivity index (χ1) is 9.27. The Morgan fingerprint density at radius 2 is 2.00 bits per heavy atom. The molecule has 0 fully saturated rings. The van der Waals surface area contributed by atoms with Crippen molar-refractivity contribution in [2.75, 3.05) is 13.2 Å². The molecule has 0 radical (unpaired) electrons. The second-order valence-electron chi connectivity index (χ2n) is 4.41. The summed E-state index contributed by atoms with van der Waals surface area (Å²) in [4.78, 5) is 0. The van der Waals surface area contributed by atoms with Crippen LogP contribution < -0.4 is 10.5 Å². The van der Waals surface area contributed by atoms with Crippen molar-refractivity contribution in [2.45, 2.75) is 39.0 Å². The number of hydrogen-bond acceptors (Lipinski definition) is 2. The van der Waals surface area contributed by atoms with Gasteiger partial charge in [-0.15, -0.1) is 0 Å². The highest BCUT2D eigenvalue weighted by molar-refractivity contribution is 5.39. The predicted molar refractivity (Wildman–Crippen MR) is 76.6 cm³/mol. The van der Waals surface area contributed by atoms with E-state index in [2.05, 4.69) is 18.8 Å². The van der Waals surface area contributed by atoms with Crippen LogP contribution in [0.3, 0.4) is 0 Å². The fourth-order valence-electron chi connectivity index (χ4n) is 1.73. The summed E-state index contributed by atoms with van der Waals surface area (Å²) in [6.45, 7) is 3.06. The molecule has 0 bridgehead atoms. The number of unbranched alkanes of at least 4 members (excludes halogenated alkanes) is 4. The van der Waals surface area contributed by atoms with Gasteiger partial charge in [-0.25, -0.2) is 4.39 Å². The van der Waals surface area contributed by atoms with Crippen molar-refractivity contribution in [3.63, 3.8) is 0 Å². The van der Waals surface area contributed by atoms with E-state index in [1.807, 2.05) is 0 Å².